The fourth-order valence-corrected chi connectivity index (χ4v) is 5.90. The molecule has 2 aromatic heterocycles. The molecule has 1 aliphatic heterocycles. The SMILES string of the molecule is C#C[C@@]1(Cl)[C@H](O)[C@@H](CO[P@](=O)(N[C@H](C)C(=O)OC(C)C)Oc2ccccc2)O[C@H]1n1cnc2c(NC)nc(N)nc21. The number of para-hydroxylation sites is 1. The number of aromatic nitrogens is 4. The molecule has 0 amide bonds. The number of nitrogens with one attached hydrogen (secondary N) is 2. The van der Waals surface area contributed by atoms with Crippen LogP contribution in [-0.2, 0) is 23.4 Å². The number of esters is 1. The third kappa shape index (κ3) is 6.41. The van der Waals surface area contributed by atoms with Crippen LogP contribution in [0.1, 0.15) is 27.0 Å². The lowest BCUT2D eigenvalue weighted by atomic mass is 9.99. The molecule has 1 aliphatic rings. The Hall–Kier alpha value is -3.44. The van der Waals surface area contributed by atoms with Gasteiger partial charge in [-0.2, -0.15) is 15.1 Å². The van der Waals surface area contributed by atoms with Gasteiger partial charge in [0.1, 0.15) is 24.0 Å². The van der Waals surface area contributed by atoms with Crippen molar-refractivity contribution in [3.63, 3.8) is 0 Å². The molecular weight excluding hydrogens is 577 g/mol. The third-order valence-electron chi connectivity index (χ3n) is 6.03. The van der Waals surface area contributed by atoms with Crippen LogP contribution in [0.4, 0.5) is 11.8 Å². The highest BCUT2D eigenvalue weighted by Crippen LogP contribution is 2.48. The first-order chi connectivity index (χ1) is 19.4. The van der Waals surface area contributed by atoms with Crippen LogP contribution in [0.2, 0.25) is 0 Å². The molecule has 3 heterocycles. The summed E-state index contributed by atoms with van der Waals surface area (Å²) in [5.74, 6) is 2.24. The van der Waals surface area contributed by atoms with E-state index in [2.05, 4.69) is 31.3 Å². The number of carbonyl (C=O) groups excluding carboxylic acids is 1. The van der Waals surface area contributed by atoms with Crippen LogP contribution in [0, 0.1) is 12.3 Å². The number of nitrogen functional groups attached to an aromatic ring is 1. The van der Waals surface area contributed by atoms with Gasteiger partial charge in [0, 0.05) is 7.05 Å². The van der Waals surface area contributed by atoms with Gasteiger partial charge in [-0.1, -0.05) is 35.7 Å². The Morgan fingerprint density at radius 2 is 2.05 bits per heavy atom. The number of aliphatic hydroxyl groups excluding tert-OH is 1. The van der Waals surface area contributed by atoms with Crippen LogP contribution >= 0.6 is 19.3 Å². The number of terminal acetylenes is 1. The molecule has 1 aromatic carbocycles. The smallest absolute Gasteiger partial charge is 0.459 e. The summed E-state index contributed by atoms with van der Waals surface area (Å²) in [6.07, 6.45) is 2.85. The number of rotatable bonds is 11. The monoisotopic (exact) mass is 607 g/mol. The van der Waals surface area contributed by atoms with Gasteiger partial charge in [0.15, 0.2) is 28.1 Å². The molecule has 6 atom stereocenters. The van der Waals surface area contributed by atoms with E-state index in [0.29, 0.717) is 11.3 Å². The number of imidazole rings is 1. The maximum Gasteiger partial charge on any atom is 0.459 e. The van der Waals surface area contributed by atoms with E-state index < -0.39 is 55.8 Å². The lowest BCUT2D eigenvalue weighted by molar-refractivity contribution is -0.149. The fourth-order valence-electron chi connectivity index (χ4n) is 4.10. The molecule has 220 valence electrons. The summed E-state index contributed by atoms with van der Waals surface area (Å²) < 4.78 is 37.8. The van der Waals surface area contributed by atoms with Crippen LogP contribution in [0.15, 0.2) is 36.7 Å². The van der Waals surface area contributed by atoms with Crippen molar-refractivity contribution in [2.75, 3.05) is 24.7 Å². The molecule has 0 aliphatic carbocycles. The van der Waals surface area contributed by atoms with E-state index in [4.69, 9.17) is 42.3 Å². The number of nitrogens with zero attached hydrogens (tertiary/aromatic N) is 4. The minimum atomic E-state index is -4.26. The Balaban J connectivity index is 1.60. The number of ether oxygens (including phenoxy) is 2. The quantitative estimate of drug-likeness (QED) is 0.108. The Morgan fingerprint density at radius 1 is 1.34 bits per heavy atom. The van der Waals surface area contributed by atoms with Crippen LogP contribution in [-0.4, -0.2) is 73.5 Å². The highest BCUT2D eigenvalue weighted by molar-refractivity contribution is 7.52. The zero-order valence-electron chi connectivity index (χ0n) is 22.7. The molecule has 41 heavy (non-hydrogen) atoms. The number of carbonyl (C=O) groups is 1. The molecule has 0 radical (unpaired) electrons. The first kappa shape index (κ1) is 30.5. The van der Waals surface area contributed by atoms with E-state index in [1.807, 2.05) is 0 Å². The molecular formula is C25H31ClN7O7P. The summed E-state index contributed by atoms with van der Waals surface area (Å²) in [7, 11) is -2.62. The minimum Gasteiger partial charge on any atom is -0.462 e. The van der Waals surface area contributed by atoms with E-state index in [1.165, 1.54) is 17.8 Å². The maximum atomic E-state index is 13.8. The van der Waals surface area contributed by atoms with Crippen molar-refractivity contribution in [1.82, 2.24) is 24.6 Å². The highest BCUT2D eigenvalue weighted by atomic mass is 35.5. The predicted molar refractivity (Wildman–Crippen MR) is 151 cm³/mol. The van der Waals surface area contributed by atoms with Gasteiger partial charge in [0.2, 0.25) is 5.95 Å². The minimum absolute atomic E-state index is 0.0434. The van der Waals surface area contributed by atoms with Gasteiger partial charge in [-0.05, 0) is 32.9 Å². The summed E-state index contributed by atoms with van der Waals surface area (Å²) in [6.45, 7) is 4.32. The number of hydrogen-bond donors (Lipinski definition) is 4. The molecule has 16 heteroatoms. The second-order valence-electron chi connectivity index (χ2n) is 9.42. The van der Waals surface area contributed by atoms with E-state index in [-0.39, 0.29) is 17.3 Å². The molecule has 3 aromatic rings. The Bertz CT molecular complexity index is 1480. The fraction of sp³-hybridized carbons (Fsp3) is 0.440. The zero-order chi connectivity index (χ0) is 29.9. The van der Waals surface area contributed by atoms with Gasteiger partial charge in [0.05, 0.1) is 19.0 Å². The second-order valence-corrected chi connectivity index (χ2v) is 11.7. The summed E-state index contributed by atoms with van der Waals surface area (Å²) in [6, 6.07) is 7.14. The molecule has 5 N–H and O–H groups in total. The van der Waals surface area contributed by atoms with Crippen LogP contribution in [0.3, 0.4) is 0 Å². The van der Waals surface area contributed by atoms with Crippen molar-refractivity contribution in [2.45, 2.75) is 56.2 Å². The van der Waals surface area contributed by atoms with E-state index in [0.717, 1.165) is 0 Å². The topological polar surface area (TPSA) is 185 Å². The number of alkyl halides is 1. The van der Waals surface area contributed by atoms with Gasteiger partial charge in [0.25, 0.3) is 0 Å². The number of nitrogens with two attached hydrogens (primary N) is 1. The van der Waals surface area contributed by atoms with E-state index in [9.17, 15) is 14.5 Å². The first-order valence-corrected chi connectivity index (χ1v) is 14.5. The normalized spacial score (nSPS) is 24.5. The standard InChI is InChI=1S/C25H31ClN7O7P/c1-6-25(26)19(34)17(39-23(25)33-13-29-18-20(28-5)30-24(27)31-21(18)33)12-37-41(36,40-16-10-8-7-9-11-16)32-15(4)22(35)38-14(2)3/h1,7-11,13-15,17,19,23,34H,12H2,2-5H3,(H,32,36)(H3,27,28,30,31)/t15-,17-,19-,23-,25-,41-/m1/s1. The van der Waals surface area contributed by atoms with Crippen molar-refractivity contribution < 1.29 is 33.0 Å². The summed E-state index contributed by atoms with van der Waals surface area (Å²) in [5, 5.41) is 16.6. The highest BCUT2D eigenvalue weighted by Gasteiger charge is 2.56. The van der Waals surface area contributed by atoms with Gasteiger partial charge >= 0.3 is 13.7 Å². The van der Waals surface area contributed by atoms with E-state index in [1.54, 1.807) is 51.2 Å². The number of fused-ring (bicyclic) bond motifs is 1. The average molecular weight is 608 g/mol. The summed E-state index contributed by atoms with van der Waals surface area (Å²) >= 11 is 6.74. The van der Waals surface area contributed by atoms with Gasteiger partial charge in [-0.25, -0.2) is 9.55 Å². The molecule has 0 unspecified atom stereocenters. The number of hydrogen-bond acceptors (Lipinski definition) is 12. The van der Waals surface area contributed by atoms with Crippen molar-refractivity contribution in [3.8, 4) is 18.1 Å². The largest absolute Gasteiger partial charge is 0.462 e. The molecule has 4 rings (SSSR count). The Morgan fingerprint density at radius 3 is 2.68 bits per heavy atom. The van der Waals surface area contributed by atoms with Crippen molar-refractivity contribution in [2.24, 2.45) is 0 Å². The lowest BCUT2D eigenvalue weighted by Crippen LogP contribution is -2.41. The molecule has 14 nitrogen and oxygen atoms in total. The van der Waals surface area contributed by atoms with Gasteiger partial charge < -0.3 is 30.2 Å². The Kier molecular flexibility index (Phi) is 9.08. The number of halogens is 1. The maximum absolute atomic E-state index is 13.8. The van der Waals surface area contributed by atoms with Gasteiger partial charge in [-0.3, -0.25) is 13.9 Å². The van der Waals surface area contributed by atoms with Crippen molar-refractivity contribution >= 4 is 48.2 Å². The molecule has 0 saturated carbocycles. The van der Waals surface area contributed by atoms with Crippen LogP contribution < -0.4 is 20.7 Å². The molecule has 1 fully saturated rings. The molecule has 0 spiro atoms. The van der Waals surface area contributed by atoms with Crippen molar-refractivity contribution in [3.05, 3.63) is 36.7 Å². The lowest BCUT2D eigenvalue weighted by Gasteiger charge is -2.26. The molecule has 1 saturated heterocycles. The summed E-state index contributed by atoms with van der Waals surface area (Å²) in [5.41, 5.74) is 6.47. The average Bonchev–Trinajstić information content (AvgIpc) is 3.45. The number of benzene rings is 1. The predicted octanol–water partition coefficient (Wildman–Crippen LogP) is 2.45. The summed E-state index contributed by atoms with van der Waals surface area (Å²) in [4.78, 5) is 23.2. The third-order valence-corrected chi connectivity index (χ3v) is 8.19. The second kappa shape index (κ2) is 12.2. The number of aliphatic hydroxyl groups is 1. The molecule has 0 bridgehead atoms. The first-order valence-electron chi connectivity index (χ1n) is 12.6. The zero-order valence-corrected chi connectivity index (χ0v) is 24.4. The van der Waals surface area contributed by atoms with Crippen LogP contribution in [0.25, 0.3) is 11.2 Å². The van der Waals surface area contributed by atoms with Crippen LogP contribution in [0.5, 0.6) is 5.75 Å². The Labute approximate surface area is 241 Å². The van der Waals surface area contributed by atoms with Gasteiger partial charge in [-0.15, -0.1) is 6.42 Å². The van der Waals surface area contributed by atoms with Crippen molar-refractivity contribution in [1.29, 1.82) is 0 Å². The number of anilines is 2. The van der Waals surface area contributed by atoms with E-state index >= 15 is 0 Å².